The maximum absolute atomic E-state index is 13.9. The topological polar surface area (TPSA) is 86.8 Å². The summed E-state index contributed by atoms with van der Waals surface area (Å²) >= 11 is 12.3. The number of nitrogens with zero attached hydrogens (tertiary/aromatic N) is 2. The number of hydrogen-bond donors (Lipinski definition) is 1. The largest absolute Gasteiger partial charge is 0.354 e. The van der Waals surface area contributed by atoms with Crippen molar-refractivity contribution in [1.29, 1.82) is 0 Å². The summed E-state index contributed by atoms with van der Waals surface area (Å²) in [7, 11) is -4.17. The van der Waals surface area contributed by atoms with Gasteiger partial charge in [0.15, 0.2) is 0 Å². The highest BCUT2D eigenvalue weighted by Gasteiger charge is 2.32. The van der Waals surface area contributed by atoms with E-state index in [0.29, 0.717) is 6.54 Å². The quantitative estimate of drug-likeness (QED) is 0.269. The van der Waals surface area contributed by atoms with Crippen molar-refractivity contribution in [1.82, 2.24) is 10.2 Å². The highest BCUT2D eigenvalue weighted by Crippen LogP contribution is 2.31. The third-order valence-corrected chi connectivity index (χ3v) is 8.76. The lowest BCUT2D eigenvalue weighted by atomic mass is 10.1. The van der Waals surface area contributed by atoms with Gasteiger partial charge in [-0.1, -0.05) is 84.6 Å². The number of anilines is 1. The predicted molar refractivity (Wildman–Crippen MR) is 157 cm³/mol. The number of sulfonamides is 1. The lowest BCUT2D eigenvalue weighted by molar-refractivity contribution is -0.139. The molecule has 0 aromatic heterocycles. The van der Waals surface area contributed by atoms with Crippen LogP contribution in [0.5, 0.6) is 0 Å². The minimum absolute atomic E-state index is 0.0134. The first-order chi connectivity index (χ1) is 18.5. The summed E-state index contributed by atoms with van der Waals surface area (Å²) in [5.41, 5.74) is 2.00. The smallest absolute Gasteiger partial charge is 0.264 e. The van der Waals surface area contributed by atoms with E-state index < -0.39 is 28.5 Å². The normalized spacial score (nSPS) is 12.0. The van der Waals surface area contributed by atoms with Gasteiger partial charge in [0.2, 0.25) is 11.8 Å². The molecule has 3 aromatic carbocycles. The minimum Gasteiger partial charge on any atom is -0.354 e. The third-order valence-electron chi connectivity index (χ3n) is 6.23. The lowest BCUT2D eigenvalue weighted by Gasteiger charge is -2.32. The van der Waals surface area contributed by atoms with Crippen molar-refractivity contribution in [3.05, 3.63) is 94.0 Å². The van der Waals surface area contributed by atoms with E-state index in [9.17, 15) is 18.0 Å². The van der Waals surface area contributed by atoms with Gasteiger partial charge < -0.3 is 10.2 Å². The number of unbranched alkanes of at least 4 members (excludes halogenated alkanes) is 1. The van der Waals surface area contributed by atoms with Crippen LogP contribution in [-0.4, -0.2) is 44.3 Å². The average Bonchev–Trinajstić information content (AvgIpc) is 2.92. The van der Waals surface area contributed by atoms with Gasteiger partial charge in [-0.25, -0.2) is 8.42 Å². The summed E-state index contributed by atoms with van der Waals surface area (Å²) in [6, 6.07) is 19.0. The van der Waals surface area contributed by atoms with E-state index in [-0.39, 0.29) is 33.1 Å². The zero-order valence-corrected chi connectivity index (χ0v) is 24.6. The van der Waals surface area contributed by atoms with E-state index in [0.717, 1.165) is 28.3 Å². The average molecular weight is 591 g/mol. The van der Waals surface area contributed by atoms with E-state index in [4.69, 9.17) is 23.2 Å². The molecule has 3 aromatic rings. The number of hydrogen-bond acceptors (Lipinski definition) is 4. The number of rotatable bonds is 12. The van der Waals surface area contributed by atoms with Crippen molar-refractivity contribution in [2.24, 2.45) is 0 Å². The molecule has 1 N–H and O–H groups in total. The predicted octanol–water partition coefficient (Wildman–Crippen LogP) is 5.83. The second kappa shape index (κ2) is 13.8. The van der Waals surface area contributed by atoms with Crippen molar-refractivity contribution in [3.8, 4) is 0 Å². The van der Waals surface area contributed by atoms with Crippen LogP contribution >= 0.6 is 23.2 Å². The van der Waals surface area contributed by atoms with Gasteiger partial charge in [-0.3, -0.25) is 13.9 Å². The van der Waals surface area contributed by atoms with E-state index in [1.807, 2.05) is 38.1 Å². The molecule has 10 heteroatoms. The Hall–Kier alpha value is -3.07. The van der Waals surface area contributed by atoms with Gasteiger partial charge in [0.25, 0.3) is 10.0 Å². The Kier molecular flexibility index (Phi) is 10.8. The summed E-state index contributed by atoms with van der Waals surface area (Å²) in [5, 5.41) is 3.27. The molecule has 0 bridgehead atoms. The van der Waals surface area contributed by atoms with E-state index in [1.165, 1.54) is 35.2 Å². The van der Waals surface area contributed by atoms with Crippen LogP contribution in [0.15, 0.2) is 77.7 Å². The molecule has 0 saturated heterocycles. The first-order valence-corrected chi connectivity index (χ1v) is 14.9. The fourth-order valence-corrected chi connectivity index (χ4v) is 5.73. The second-order valence-electron chi connectivity index (χ2n) is 9.25. The molecule has 0 saturated carbocycles. The lowest BCUT2D eigenvalue weighted by Crippen LogP contribution is -2.51. The van der Waals surface area contributed by atoms with Gasteiger partial charge in [-0.05, 0) is 56.2 Å². The number of carbonyl (C=O) groups is 2. The molecule has 0 fully saturated rings. The molecule has 0 heterocycles. The molecule has 1 unspecified atom stereocenters. The fraction of sp³-hybridized carbons (Fsp3) is 0.310. The Labute approximate surface area is 240 Å². The first-order valence-electron chi connectivity index (χ1n) is 12.7. The molecule has 7 nitrogen and oxygen atoms in total. The molecule has 208 valence electrons. The number of benzene rings is 3. The van der Waals surface area contributed by atoms with E-state index >= 15 is 0 Å². The number of amides is 2. The fourth-order valence-electron chi connectivity index (χ4n) is 4.01. The van der Waals surface area contributed by atoms with Crippen LogP contribution in [0, 0.1) is 6.92 Å². The zero-order chi connectivity index (χ0) is 28.6. The summed E-state index contributed by atoms with van der Waals surface area (Å²) in [6.07, 6.45) is 1.72. The Morgan fingerprint density at radius 3 is 2.31 bits per heavy atom. The molecule has 2 amide bonds. The third kappa shape index (κ3) is 7.97. The van der Waals surface area contributed by atoms with Gasteiger partial charge in [0.05, 0.1) is 20.6 Å². The van der Waals surface area contributed by atoms with Crippen LogP contribution < -0.4 is 9.62 Å². The summed E-state index contributed by atoms with van der Waals surface area (Å²) in [5.74, 6) is -0.850. The molecular formula is C29H33Cl2N3O4S. The number of halogens is 2. The summed E-state index contributed by atoms with van der Waals surface area (Å²) < 4.78 is 28.5. The zero-order valence-electron chi connectivity index (χ0n) is 22.2. The first kappa shape index (κ1) is 30.5. The molecule has 0 aliphatic rings. The van der Waals surface area contributed by atoms with Crippen LogP contribution in [0.1, 0.15) is 37.8 Å². The van der Waals surface area contributed by atoms with Gasteiger partial charge in [-0.15, -0.1) is 0 Å². The number of aryl methyl sites for hydroxylation is 1. The summed E-state index contributed by atoms with van der Waals surface area (Å²) in [4.78, 5) is 28.3. The van der Waals surface area contributed by atoms with Crippen molar-refractivity contribution in [2.45, 2.75) is 51.1 Å². The van der Waals surface area contributed by atoms with Gasteiger partial charge in [0, 0.05) is 13.1 Å². The Morgan fingerprint density at radius 2 is 1.67 bits per heavy atom. The molecule has 39 heavy (non-hydrogen) atoms. The SMILES string of the molecule is CCCCNC(=O)C(C)N(Cc1cccc(C)c1)C(=O)CN(c1ccc(Cl)c(Cl)c1)S(=O)(=O)c1ccccc1. The van der Waals surface area contributed by atoms with E-state index in [1.54, 1.807) is 25.1 Å². The van der Waals surface area contributed by atoms with Crippen molar-refractivity contribution < 1.29 is 18.0 Å². The van der Waals surface area contributed by atoms with Gasteiger partial charge >= 0.3 is 0 Å². The Bertz CT molecular complexity index is 1400. The van der Waals surface area contributed by atoms with Crippen molar-refractivity contribution >= 4 is 50.7 Å². The van der Waals surface area contributed by atoms with Crippen LogP contribution in [-0.2, 0) is 26.2 Å². The molecular weight excluding hydrogens is 557 g/mol. The molecule has 0 aliphatic carbocycles. The van der Waals surface area contributed by atoms with Crippen LogP contribution in [0.2, 0.25) is 10.0 Å². The Balaban J connectivity index is 2.01. The maximum atomic E-state index is 13.9. The molecule has 1 atom stereocenters. The standard InChI is InChI=1S/C29H33Cl2N3O4S/c1-4-5-16-32-29(36)22(3)33(19-23-11-9-10-21(2)17-23)28(35)20-34(24-14-15-26(30)27(31)18-24)39(37,38)25-12-7-6-8-13-25/h6-15,17-18,22H,4-5,16,19-20H2,1-3H3,(H,32,36). The molecule has 0 radical (unpaired) electrons. The minimum atomic E-state index is -4.17. The second-order valence-corrected chi connectivity index (χ2v) is 11.9. The molecule has 3 rings (SSSR count). The van der Waals surface area contributed by atoms with Crippen molar-refractivity contribution in [3.63, 3.8) is 0 Å². The molecule has 0 aliphatic heterocycles. The molecule has 0 spiro atoms. The van der Waals surface area contributed by atoms with E-state index in [2.05, 4.69) is 5.32 Å². The highest BCUT2D eigenvalue weighted by atomic mass is 35.5. The Morgan fingerprint density at radius 1 is 0.949 bits per heavy atom. The number of carbonyl (C=O) groups excluding carboxylic acids is 2. The number of nitrogens with one attached hydrogen (secondary N) is 1. The van der Waals surface area contributed by atoms with Crippen LogP contribution in [0.4, 0.5) is 5.69 Å². The summed E-state index contributed by atoms with van der Waals surface area (Å²) in [6.45, 7) is 5.67. The van der Waals surface area contributed by atoms with Gasteiger partial charge in [0.1, 0.15) is 12.6 Å². The maximum Gasteiger partial charge on any atom is 0.264 e. The van der Waals surface area contributed by atoms with Gasteiger partial charge in [-0.2, -0.15) is 0 Å². The van der Waals surface area contributed by atoms with Crippen LogP contribution in [0.25, 0.3) is 0 Å². The monoisotopic (exact) mass is 589 g/mol. The van der Waals surface area contributed by atoms with Crippen molar-refractivity contribution in [2.75, 3.05) is 17.4 Å². The highest BCUT2D eigenvalue weighted by molar-refractivity contribution is 7.92. The van der Waals surface area contributed by atoms with Crippen LogP contribution in [0.3, 0.4) is 0 Å².